The van der Waals surface area contributed by atoms with Gasteiger partial charge in [0.2, 0.25) is 0 Å². The zero-order valence-electron chi connectivity index (χ0n) is 11.6. The average molecular weight is 267 g/mol. The van der Waals surface area contributed by atoms with Crippen LogP contribution in [0.5, 0.6) is 5.75 Å². The number of pyridine rings is 1. The highest BCUT2D eigenvalue weighted by molar-refractivity contribution is 5.74. The maximum absolute atomic E-state index is 11.5. The van der Waals surface area contributed by atoms with Gasteiger partial charge in [-0.2, -0.15) is 0 Å². The molecule has 20 heavy (non-hydrogen) atoms. The number of hydrogen-bond donors (Lipinski definition) is 0. The summed E-state index contributed by atoms with van der Waals surface area (Å²) in [4.78, 5) is 15.7. The van der Waals surface area contributed by atoms with E-state index in [0.29, 0.717) is 5.75 Å². The Morgan fingerprint density at radius 2 is 1.85 bits per heavy atom. The molecular formula is C17H17NO2. The molecule has 102 valence electrons. The molecule has 3 nitrogen and oxygen atoms in total. The van der Waals surface area contributed by atoms with E-state index in [1.54, 1.807) is 18.3 Å². The van der Waals surface area contributed by atoms with E-state index in [0.717, 1.165) is 11.3 Å². The van der Waals surface area contributed by atoms with E-state index in [2.05, 4.69) is 4.98 Å². The molecule has 0 amide bonds. The van der Waals surface area contributed by atoms with Crippen molar-refractivity contribution in [1.29, 1.82) is 0 Å². The van der Waals surface area contributed by atoms with Crippen LogP contribution in [0.1, 0.15) is 25.1 Å². The lowest BCUT2D eigenvalue weighted by molar-refractivity contribution is -0.137. The molecule has 0 aliphatic carbocycles. The fraction of sp³-hybridized carbons (Fsp3) is 0.176. The number of hydrogen-bond acceptors (Lipinski definition) is 3. The number of carbonyl (C=O) groups excluding carboxylic acids is 1. The van der Waals surface area contributed by atoms with Crippen molar-refractivity contribution in [3.8, 4) is 5.75 Å². The lowest BCUT2D eigenvalue weighted by Crippen LogP contribution is -2.14. The molecule has 0 saturated carbocycles. The van der Waals surface area contributed by atoms with Crippen molar-refractivity contribution in [2.24, 2.45) is 5.92 Å². The number of ether oxygens (including phenoxy) is 1. The largest absolute Gasteiger partial charge is 0.426 e. The van der Waals surface area contributed by atoms with Crippen molar-refractivity contribution in [2.75, 3.05) is 0 Å². The zero-order chi connectivity index (χ0) is 14.4. The minimum absolute atomic E-state index is 0.126. The summed E-state index contributed by atoms with van der Waals surface area (Å²) < 4.78 is 5.22. The van der Waals surface area contributed by atoms with E-state index in [4.69, 9.17) is 4.74 Å². The highest BCUT2D eigenvalue weighted by Gasteiger charge is 2.08. The van der Waals surface area contributed by atoms with Gasteiger partial charge in [-0.25, -0.2) is 0 Å². The van der Waals surface area contributed by atoms with Crippen LogP contribution in [-0.4, -0.2) is 11.0 Å². The summed E-state index contributed by atoms with van der Waals surface area (Å²) in [5, 5.41) is 0. The normalized spacial score (nSPS) is 10.9. The third kappa shape index (κ3) is 4.05. The molecule has 2 rings (SSSR count). The predicted molar refractivity (Wildman–Crippen MR) is 80.1 cm³/mol. The minimum Gasteiger partial charge on any atom is -0.426 e. The highest BCUT2D eigenvalue weighted by atomic mass is 16.5. The van der Waals surface area contributed by atoms with Gasteiger partial charge < -0.3 is 4.74 Å². The lowest BCUT2D eigenvalue weighted by atomic mass is 10.2. The first-order chi connectivity index (χ1) is 9.65. The van der Waals surface area contributed by atoms with Crippen molar-refractivity contribution in [1.82, 2.24) is 4.98 Å². The van der Waals surface area contributed by atoms with Crippen LogP contribution < -0.4 is 4.74 Å². The summed E-state index contributed by atoms with van der Waals surface area (Å²) >= 11 is 0. The number of nitrogens with zero attached hydrogens (tertiary/aromatic N) is 1. The summed E-state index contributed by atoms with van der Waals surface area (Å²) in [6, 6.07) is 13.2. The second kappa shape index (κ2) is 6.66. The Morgan fingerprint density at radius 1 is 1.10 bits per heavy atom. The fourth-order valence-electron chi connectivity index (χ4n) is 1.54. The van der Waals surface area contributed by atoms with E-state index >= 15 is 0 Å². The first-order valence-corrected chi connectivity index (χ1v) is 6.56. The van der Waals surface area contributed by atoms with Crippen molar-refractivity contribution in [3.05, 3.63) is 59.9 Å². The molecule has 0 aliphatic heterocycles. The summed E-state index contributed by atoms with van der Waals surface area (Å²) in [6.07, 6.45) is 5.67. The first-order valence-electron chi connectivity index (χ1n) is 6.56. The second-order valence-corrected chi connectivity index (χ2v) is 4.73. The van der Waals surface area contributed by atoms with E-state index in [1.165, 1.54) is 0 Å². The highest BCUT2D eigenvalue weighted by Crippen LogP contribution is 2.15. The number of esters is 1. The molecule has 1 aromatic carbocycles. The van der Waals surface area contributed by atoms with Crippen LogP contribution in [0.4, 0.5) is 0 Å². The van der Waals surface area contributed by atoms with E-state index in [1.807, 2.05) is 56.3 Å². The third-order valence-corrected chi connectivity index (χ3v) is 2.70. The summed E-state index contributed by atoms with van der Waals surface area (Å²) in [6.45, 7) is 3.62. The number of benzene rings is 1. The Morgan fingerprint density at radius 3 is 2.45 bits per heavy atom. The first kappa shape index (κ1) is 14.0. The van der Waals surface area contributed by atoms with Gasteiger partial charge in [-0.15, -0.1) is 0 Å². The third-order valence-electron chi connectivity index (χ3n) is 2.70. The smallest absolute Gasteiger partial charge is 0.313 e. The van der Waals surface area contributed by atoms with Gasteiger partial charge in [-0.3, -0.25) is 9.78 Å². The molecule has 0 spiro atoms. The predicted octanol–water partition coefficient (Wildman–Crippen LogP) is 3.81. The van der Waals surface area contributed by atoms with Crippen LogP contribution in [0.2, 0.25) is 0 Å². The summed E-state index contributed by atoms with van der Waals surface area (Å²) in [7, 11) is 0. The molecule has 0 unspecified atom stereocenters. The van der Waals surface area contributed by atoms with E-state index in [9.17, 15) is 4.79 Å². The monoisotopic (exact) mass is 267 g/mol. The maximum atomic E-state index is 11.5. The van der Waals surface area contributed by atoms with Crippen molar-refractivity contribution < 1.29 is 9.53 Å². The van der Waals surface area contributed by atoms with Crippen LogP contribution in [0.3, 0.4) is 0 Å². The Bertz CT molecular complexity index is 586. The molecule has 1 heterocycles. The van der Waals surface area contributed by atoms with Gasteiger partial charge in [-0.1, -0.05) is 38.1 Å². The van der Waals surface area contributed by atoms with Crippen LogP contribution in [0.25, 0.3) is 12.2 Å². The summed E-state index contributed by atoms with van der Waals surface area (Å²) in [5.74, 6) is 0.221. The van der Waals surface area contributed by atoms with Crippen molar-refractivity contribution in [2.45, 2.75) is 13.8 Å². The standard InChI is InChI=1S/C17H17NO2/c1-13(2)17(19)20-16-10-7-14(8-11-16)6-9-15-5-3-4-12-18-15/h3-13H,1-2H3/b9-6+. The molecule has 0 radical (unpaired) electrons. The van der Waals surface area contributed by atoms with E-state index in [-0.39, 0.29) is 11.9 Å². The average Bonchev–Trinajstić information content (AvgIpc) is 2.47. The minimum atomic E-state index is -0.221. The molecule has 0 bridgehead atoms. The Kier molecular flexibility index (Phi) is 4.66. The Labute approximate surface area is 118 Å². The van der Waals surface area contributed by atoms with Gasteiger partial charge in [0.1, 0.15) is 5.75 Å². The van der Waals surface area contributed by atoms with Crippen molar-refractivity contribution >= 4 is 18.1 Å². The van der Waals surface area contributed by atoms with Crippen LogP contribution in [-0.2, 0) is 4.79 Å². The SMILES string of the molecule is CC(C)C(=O)Oc1ccc(/C=C/c2ccccn2)cc1. The maximum Gasteiger partial charge on any atom is 0.313 e. The van der Waals surface area contributed by atoms with Gasteiger partial charge in [0, 0.05) is 6.20 Å². The molecule has 0 N–H and O–H groups in total. The zero-order valence-corrected chi connectivity index (χ0v) is 11.6. The molecule has 0 fully saturated rings. The van der Waals surface area contributed by atoms with Gasteiger partial charge in [0.05, 0.1) is 11.6 Å². The van der Waals surface area contributed by atoms with Crippen LogP contribution in [0, 0.1) is 5.92 Å². The van der Waals surface area contributed by atoms with E-state index < -0.39 is 0 Å². The molecule has 0 aliphatic rings. The fourth-order valence-corrected chi connectivity index (χ4v) is 1.54. The van der Waals surface area contributed by atoms with Gasteiger partial charge >= 0.3 is 5.97 Å². The Hall–Kier alpha value is -2.42. The molecule has 2 aromatic rings. The van der Waals surface area contributed by atoms with Crippen molar-refractivity contribution in [3.63, 3.8) is 0 Å². The van der Waals surface area contributed by atoms with Gasteiger partial charge in [-0.05, 0) is 35.9 Å². The molecular weight excluding hydrogens is 250 g/mol. The molecule has 0 atom stereocenters. The van der Waals surface area contributed by atoms with Gasteiger partial charge in [0.25, 0.3) is 0 Å². The molecule has 3 heteroatoms. The quantitative estimate of drug-likeness (QED) is 0.624. The summed E-state index contributed by atoms with van der Waals surface area (Å²) in [5.41, 5.74) is 1.93. The number of rotatable bonds is 4. The lowest BCUT2D eigenvalue weighted by Gasteiger charge is -2.06. The van der Waals surface area contributed by atoms with Gasteiger partial charge in [0.15, 0.2) is 0 Å². The van der Waals surface area contributed by atoms with Crippen LogP contribution >= 0.6 is 0 Å². The molecule has 1 aromatic heterocycles. The topological polar surface area (TPSA) is 39.2 Å². The number of aromatic nitrogens is 1. The Balaban J connectivity index is 2.02. The van der Waals surface area contributed by atoms with Crippen LogP contribution in [0.15, 0.2) is 48.7 Å². The second-order valence-electron chi connectivity index (χ2n) is 4.73. The number of carbonyl (C=O) groups is 1. The molecule has 0 saturated heterocycles.